The van der Waals surface area contributed by atoms with Gasteiger partial charge in [0, 0.05) is 18.3 Å². The number of nitrogens with one attached hydrogen (secondary N) is 1. The predicted molar refractivity (Wildman–Crippen MR) is 152 cm³/mol. The summed E-state index contributed by atoms with van der Waals surface area (Å²) in [6.07, 6.45) is 2.40. The summed E-state index contributed by atoms with van der Waals surface area (Å²) in [7, 11) is -4.54. The average molecular weight is 591 g/mol. The number of pyridine rings is 1. The first-order valence-corrected chi connectivity index (χ1v) is 15.1. The van der Waals surface area contributed by atoms with Crippen LogP contribution in [0.15, 0.2) is 79.0 Å². The normalized spacial score (nSPS) is 19.3. The van der Waals surface area contributed by atoms with Crippen LogP contribution in [0.1, 0.15) is 47.0 Å². The summed E-state index contributed by atoms with van der Waals surface area (Å²) in [6.45, 7) is 1.47. The third kappa shape index (κ3) is 5.81. The highest BCUT2D eigenvalue weighted by Crippen LogP contribution is 2.33. The molecule has 218 valence electrons. The number of sulfonamides is 1. The summed E-state index contributed by atoms with van der Waals surface area (Å²) in [4.78, 5) is 57.7. The zero-order chi connectivity index (χ0) is 29.9. The quantitative estimate of drug-likeness (QED) is 0.401. The summed E-state index contributed by atoms with van der Waals surface area (Å²) in [5.74, 6) is -0.208. The smallest absolute Gasteiger partial charge is 0.310 e. The molecule has 11 nitrogen and oxygen atoms in total. The van der Waals surface area contributed by atoms with Gasteiger partial charge in [-0.25, -0.2) is 8.42 Å². The topological polar surface area (TPSA) is 143 Å². The minimum atomic E-state index is -4.54. The molecule has 5 rings (SSSR count). The van der Waals surface area contributed by atoms with Crippen molar-refractivity contribution in [3.63, 3.8) is 0 Å². The van der Waals surface area contributed by atoms with E-state index < -0.39 is 57.4 Å². The van der Waals surface area contributed by atoms with Gasteiger partial charge < -0.3 is 15.0 Å². The van der Waals surface area contributed by atoms with Gasteiger partial charge in [0.05, 0.1) is 12.6 Å². The predicted octanol–water partition coefficient (Wildman–Crippen LogP) is 2.80. The van der Waals surface area contributed by atoms with E-state index in [0.717, 1.165) is 4.31 Å². The molecule has 12 heteroatoms. The lowest BCUT2D eigenvalue weighted by Gasteiger charge is -2.28. The summed E-state index contributed by atoms with van der Waals surface area (Å²) < 4.78 is 33.0. The fourth-order valence-electron chi connectivity index (χ4n) is 5.35. The van der Waals surface area contributed by atoms with Crippen LogP contribution in [0.4, 0.5) is 0 Å². The number of likely N-dealkylation sites (tertiary alicyclic amines) is 1. The van der Waals surface area contributed by atoms with Crippen LogP contribution in [0.25, 0.3) is 0 Å². The summed E-state index contributed by atoms with van der Waals surface area (Å²) >= 11 is 0. The molecular formula is C30H30N4O7S. The van der Waals surface area contributed by atoms with Crippen molar-refractivity contribution in [3.8, 4) is 11.5 Å². The number of Topliss-reactive ketones (excluding diaryl/α,β-unsaturated/α-hetero) is 1. The number of carbonyl (C=O) groups is 4. The zero-order valence-electron chi connectivity index (χ0n) is 22.9. The first-order valence-electron chi connectivity index (χ1n) is 13.6. The molecule has 2 aromatic carbocycles. The molecule has 3 unspecified atom stereocenters. The molecule has 2 aliphatic rings. The fraction of sp³-hybridized carbons (Fsp3) is 0.300. The Morgan fingerprint density at radius 2 is 1.69 bits per heavy atom. The number of aromatic nitrogens is 1. The van der Waals surface area contributed by atoms with Crippen LogP contribution in [0.2, 0.25) is 0 Å². The van der Waals surface area contributed by atoms with E-state index >= 15 is 0 Å². The van der Waals surface area contributed by atoms with Crippen LogP contribution in [-0.2, 0) is 19.6 Å². The van der Waals surface area contributed by atoms with Crippen LogP contribution < -0.4 is 10.1 Å². The molecule has 2 amide bonds. The molecule has 0 radical (unpaired) electrons. The van der Waals surface area contributed by atoms with Gasteiger partial charge >= 0.3 is 5.12 Å². The molecule has 2 saturated heterocycles. The number of rotatable bonds is 9. The maximum absolute atomic E-state index is 13.7. The lowest BCUT2D eigenvalue weighted by atomic mass is 10.1. The van der Waals surface area contributed by atoms with Gasteiger partial charge in [0.25, 0.3) is 15.9 Å². The van der Waals surface area contributed by atoms with Crippen molar-refractivity contribution in [2.24, 2.45) is 0 Å². The lowest BCUT2D eigenvalue weighted by molar-refractivity contribution is -0.138. The van der Waals surface area contributed by atoms with E-state index in [9.17, 15) is 27.6 Å². The molecule has 3 atom stereocenters. The molecule has 0 saturated carbocycles. The van der Waals surface area contributed by atoms with E-state index in [1.54, 1.807) is 30.3 Å². The van der Waals surface area contributed by atoms with E-state index in [2.05, 4.69) is 10.3 Å². The highest BCUT2D eigenvalue weighted by molar-refractivity contribution is 8.04. The monoisotopic (exact) mass is 590 g/mol. The van der Waals surface area contributed by atoms with Crippen molar-refractivity contribution in [3.05, 3.63) is 90.3 Å². The Labute approximate surface area is 243 Å². The van der Waals surface area contributed by atoms with Crippen molar-refractivity contribution in [1.29, 1.82) is 0 Å². The van der Waals surface area contributed by atoms with E-state index in [-0.39, 0.29) is 18.7 Å². The standard InChI is InChI=1S/C30H30N4O7S/c1-2-8-23(32-28(36)20-12-14-22(15-13-20)41-21-9-4-3-5-10-21)29(37)33-18-16-25-27(33)26(35)19-34(25)42(39,40)30(38)24-11-6-7-17-31-24/h3-7,9-15,17,23,25,27H,2,8,16,18-19H2,1H3,(H,32,36). The summed E-state index contributed by atoms with van der Waals surface area (Å²) in [5.41, 5.74) is 0.0792. The Balaban J connectivity index is 1.27. The van der Waals surface area contributed by atoms with Gasteiger partial charge in [0.15, 0.2) is 5.78 Å². The summed E-state index contributed by atoms with van der Waals surface area (Å²) in [5, 5.41) is 1.58. The molecule has 1 N–H and O–H groups in total. The minimum Gasteiger partial charge on any atom is -0.457 e. The molecule has 1 aromatic heterocycles. The van der Waals surface area contributed by atoms with E-state index in [0.29, 0.717) is 29.9 Å². The van der Waals surface area contributed by atoms with Gasteiger partial charge in [-0.1, -0.05) is 37.6 Å². The maximum Gasteiger partial charge on any atom is 0.310 e. The van der Waals surface area contributed by atoms with Crippen molar-refractivity contribution in [1.82, 2.24) is 19.5 Å². The summed E-state index contributed by atoms with van der Waals surface area (Å²) in [6, 6.07) is 17.2. The van der Waals surface area contributed by atoms with Gasteiger partial charge in [0.1, 0.15) is 29.3 Å². The number of ether oxygens (including phenoxy) is 1. The number of amides is 2. The van der Waals surface area contributed by atoms with Crippen LogP contribution in [0.5, 0.6) is 11.5 Å². The minimum absolute atomic E-state index is 0.116. The van der Waals surface area contributed by atoms with Crippen molar-refractivity contribution in [2.45, 2.75) is 44.3 Å². The largest absolute Gasteiger partial charge is 0.457 e. The number of hydrogen-bond donors (Lipinski definition) is 1. The Morgan fingerprint density at radius 3 is 2.36 bits per heavy atom. The third-order valence-corrected chi connectivity index (χ3v) is 9.05. The first-order chi connectivity index (χ1) is 20.2. The highest BCUT2D eigenvalue weighted by Gasteiger charge is 2.55. The van der Waals surface area contributed by atoms with Gasteiger partial charge in [0.2, 0.25) is 5.91 Å². The van der Waals surface area contributed by atoms with Gasteiger partial charge in [-0.3, -0.25) is 24.2 Å². The number of benzene rings is 2. The van der Waals surface area contributed by atoms with Crippen molar-refractivity contribution < 1.29 is 32.3 Å². The maximum atomic E-state index is 13.7. The molecule has 42 heavy (non-hydrogen) atoms. The molecule has 0 bridgehead atoms. The van der Waals surface area contributed by atoms with Crippen LogP contribution >= 0.6 is 0 Å². The van der Waals surface area contributed by atoms with E-state index in [1.807, 2.05) is 37.3 Å². The van der Waals surface area contributed by atoms with Crippen molar-refractivity contribution in [2.75, 3.05) is 13.1 Å². The van der Waals surface area contributed by atoms with Gasteiger partial charge in [-0.05, 0) is 61.4 Å². The number of carbonyl (C=O) groups excluding carboxylic acids is 4. The van der Waals surface area contributed by atoms with Crippen molar-refractivity contribution >= 4 is 32.7 Å². The molecule has 2 aliphatic heterocycles. The SMILES string of the molecule is CCCC(NC(=O)c1ccc(Oc2ccccc2)cc1)C(=O)N1CCC2C1C(=O)CN2S(=O)(=O)C(=O)c1ccccn1. The second kappa shape index (κ2) is 12.2. The number of nitrogens with zero attached hydrogens (tertiary/aromatic N) is 3. The number of hydrogen-bond acceptors (Lipinski definition) is 8. The Bertz CT molecular complexity index is 1580. The first kappa shape index (κ1) is 29.1. The average Bonchev–Trinajstić information content (AvgIpc) is 3.59. The zero-order valence-corrected chi connectivity index (χ0v) is 23.7. The van der Waals surface area contributed by atoms with Gasteiger partial charge in [-0.15, -0.1) is 0 Å². The molecule has 3 heterocycles. The van der Waals surface area contributed by atoms with Crippen LogP contribution in [0.3, 0.4) is 0 Å². The lowest BCUT2D eigenvalue weighted by Crippen LogP contribution is -2.52. The van der Waals surface area contributed by atoms with Crippen LogP contribution in [0, 0.1) is 0 Å². The molecule has 3 aromatic rings. The van der Waals surface area contributed by atoms with E-state index in [1.165, 1.54) is 23.2 Å². The van der Waals surface area contributed by atoms with Crippen LogP contribution in [-0.4, -0.2) is 76.5 Å². The Hall–Kier alpha value is -4.42. The molecule has 2 fully saturated rings. The number of fused-ring (bicyclic) bond motifs is 1. The van der Waals surface area contributed by atoms with Gasteiger partial charge in [-0.2, -0.15) is 4.31 Å². The third-order valence-electron chi connectivity index (χ3n) is 7.35. The van der Waals surface area contributed by atoms with E-state index in [4.69, 9.17) is 4.74 Å². The highest BCUT2D eigenvalue weighted by atomic mass is 32.2. The second-order valence-corrected chi connectivity index (χ2v) is 11.9. The number of para-hydroxylation sites is 1. The molecule has 0 spiro atoms. The number of ketones is 1. The fourth-order valence-corrected chi connectivity index (χ4v) is 6.82. The Kier molecular flexibility index (Phi) is 8.46. The Morgan fingerprint density at radius 1 is 1.00 bits per heavy atom. The second-order valence-electron chi connectivity index (χ2n) is 10.1. The molecule has 0 aliphatic carbocycles. The molecular weight excluding hydrogens is 560 g/mol.